The molecule has 0 aliphatic heterocycles. The van der Waals surface area contributed by atoms with Gasteiger partial charge in [-0.05, 0) is 29.8 Å². The zero-order valence-electron chi connectivity index (χ0n) is 10.6. The number of hydrogen-bond acceptors (Lipinski definition) is 3. The van der Waals surface area contributed by atoms with Gasteiger partial charge in [-0.2, -0.15) is 0 Å². The number of fused-ring (bicyclic) bond motifs is 1. The van der Waals surface area contributed by atoms with Gasteiger partial charge in [0.1, 0.15) is 6.04 Å². The van der Waals surface area contributed by atoms with E-state index in [9.17, 15) is 4.79 Å². The molecule has 18 heavy (non-hydrogen) atoms. The van der Waals surface area contributed by atoms with Gasteiger partial charge in [0.15, 0.2) is 0 Å². The highest BCUT2D eigenvalue weighted by atomic mass is 16.5. The molecule has 3 nitrogen and oxygen atoms in total. The Bertz CT molecular complexity index is 546. The molecule has 0 aliphatic carbocycles. The molecule has 94 valence electrons. The van der Waals surface area contributed by atoms with E-state index in [1.54, 1.807) is 7.05 Å². The zero-order chi connectivity index (χ0) is 13.0. The van der Waals surface area contributed by atoms with Crippen LogP contribution in [0.1, 0.15) is 5.56 Å². The van der Waals surface area contributed by atoms with E-state index in [4.69, 9.17) is 4.74 Å². The average molecular weight is 243 g/mol. The lowest BCUT2D eigenvalue weighted by Gasteiger charge is -2.15. The first kappa shape index (κ1) is 12.6. The second-order valence-corrected chi connectivity index (χ2v) is 4.21. The van der Waals surface area contributed by atoms with Crippen LogP contribution >= 0.6 is 0 Å². The highest BCUT2D eigenvalue weighted by molar-refractivity contribution is 5.86. The summed E-state index contributed by atoms with van der Waals surface area (Å²) >= 11 is 0. The van der Waals surface area contributed by atoms with E-state index in [0.717, 1.165) is 5.56 Å². The number of carbonyl (C=O) groups is 1. The van der Waals surface area contributed by atoms with Crippen molar-refractivity contribution in [3.05, 3.63) is 48.0 Å². The molecule has 0 bridgehead atoms. The lowest BCUT2D eigenvalue weighted by atomic mass is 9.99. The Labute approximate surface area is 107 Å². The highest BCUT2D eigenvalue weighted by Crippen LogP contribution is 2.19. The molecule has 1 N–H and O–H groups in total. The molecule has 0 aromatic heterocycles. The number of rotatable bonds is 4. The van der Waals surface area contributed by atoms with Crippen molar-refractivity contribution >= 4 is 16.7 Å². The topological polar surface area (TPSA) is 38.3 Å². The molecule has 0 heterocycles. The van der Waals surface area contributed by atoms with E-state index < -0.39 is 0 Å². The fourth-order valence-electron chi connectivity index (χ4n) is 2.14. The van der Waals surface area contributed by atoms with Gasteiger partial charge in [-0.25, -0.2) is 0 Å². The molecule has 0 spiro atoms. The summed E-state index contributed by atoms with van der Waals surface area (Å²) in [5.41, 5.74) is 1.15. The van der Waals surface area contributed by atoms with Crippen molar-refractivity contribution in [1.82, 2.24) is 5.32 Å². The maximum Gasteiger partial charge on any atom is 0.323 e. The van der Waals surface area contributed by atoms with Crippen LogP contribution in [0.25, 0.3) is 10.8 Å². The molecular formula is C15H17NO2. The fourth-order valence-corrected chi connectivity index (χ4v) is 2.14. The van der Waals surface area contributed by atoms with Crippen molar-refractivity contribution in [3.63, 3.8) is 0 Å². The van der Waals surface area contributed by atoms with Crippen LogP contribution in [-0.4, -0.2) is 26.2 Å². The summed E-state index contributed by atoms with van der Waals surface area (Å²) in [7, 11) is 3.18. The van der Waals surface area contributed by atoms with E-state index in [1.165, 1.54) is 17.9 Å². The molecule has 0 amide bonds. The number of benzene rings is 2. The maximum absolute atomic E-state index is 11.6. The van der Waals surface area contributed by atoms with E-state index in [-0.39, 0.29) is 12.0 Å². The van der Waals surface area contributed by atoms with Gasteiger partial charge in [-0.15, -0.1) is 0 Å². The van der Waals surface area contributed by atoms with Gasteiger partial charge in [0, 0.05) is 0 Å². The third-order valence-corrected chi connectivity index (χ3v) is 3.14. The third kappa shape index (κ3) is 2.51. The highest BCUT2D eigenvalue weighted by Gasteiger charge is 2.18. The quantitative estimate of drug-likeness (QED) is 0.836. The number of esters is 1. The predicted molar refractivity (Wildman–Crippen MR) is 72.5 cm³/mol. The van der Waals surface area contributed by atoms with Gasteiger partial charge in [0.2, 0.25) is 0 Å². The molecule has 0 saturated heterocycles. The number of nitrogens with one attached hydrogen (secondary N) is 1. The maximum atomic E-state index is 11.6. The summed E-state index contributed by atoms with van der Waals surface area (Å²) in [5, 5.41) is 5.37. The van der Waals surface area contributed by atoms with Gasteiger partial charge in [-0.3, -0.25) is 4.79 Å². The number of methoxy groups -OCH3 is 1. The van der Waals surface area contributed by atoms with Gasteiger partial charge < -0.3 is 10.1 Å². The average Bonchev–Trinajstić information content (AvgIpc) is 2.44. The SMILES string of the molecule is CNC(Cc1cccc2ccccc12)C(=O)OC. The Morgan fingerprint density at radius 2 is 1.94 bits per heavy atom. The molecule has 2 aromatic rings. The van der Waals surface area contributed by atoms with Crippen molar-refractivity contribution in [2.75, 3.05) is 14.2 Å². The standard InChI is InChI=1S/C15H17NO2/c1-16-14(15(17)18-2)10-12-8-5-7-11-6-3-4-9-13(11)12/h3-9,14,16H,10H2,1-2H3. The molecule has 1 atom stereocenters. The first-order valence-electron chi connectivity index (χ1n) is 5.98. The van der Waals surface area contributed by atoms with Crippen molar-refractivity contribution in [1.29, 1.82) is 0 Å². The first-order chi connectivity index (χ1) is 8.76. The number of hydrogen-bond donors (Lipinski definition) is 1. The Kier molecular flexibility index (Phi) is 3.95. The second-order valence-electron chi connectivity index (χ2n) is 4.21. The smallest absolute Gasteiger partial charge is 0.323 e. The van der Waals surface area contributed by atoms with E-state index in [2.05, 4.69) is 29.6 Å². The monoisotopic (exact) mass is 243 g/mol. The largest absolute Gasteiger partial charge is 0.468 e. The molecule has 0 saturated carbocycles. The fraction of sp³-hybridized carbons (Fsp3) is 0.267. The van der Waals surface area contributed by atoms with Crippen LogP contribution in [0.4, 0.5) is 0 Å². The Morgan fingerprint density at radius 1 is 1.22 bits per heavy atom. The summed E-state index contributed by atoms with van der Waals surface area (Å²) in [6.07, 6.45) is 0.629. The molecule has 3 heteroatoms. The lowest BCUT2D eigenvalue weighted by Crippen LogP contribution is -2.36. The minimum absolute atomic E-state index is 0.231. The van der Waals surface area contributed by atoms with E-state index in [0.29, 0.717) is 6.42 Å². The van der Waals surface area contributed by atoms with Crippen LogP contribution < -0.4 is 5.32 Å². The van der Waals surface area contributed by atoms with E-state index >= 15 is 0 Å². The molecular weight excluding hydrogens is 226 g/mol. The summed E-state index contributed by atoms with van der Waals surface area (Å²) in [4.78, 5) is 11.6. The van der Waals surface area contributed by atoms with Crippen molar-refractivity contribution in [2.45, 2.75) is 12.5 Å². The molecule has 0 radical (unpaired) electrons. The van der Waals surface area contributed by atoms with Gasteiger partial charge in [-0.1, -0.05) is 42.5 Å². The first-order valence-corrected chi connectivity index (χ1v) is 5.98. The molecule has 1 unspecified atom stereocenters. The van der Waals surface area contributed by atoms with Gasteiger partial charge in [0.25, 0.3) is 0 Å². The van der Waals surface area contributed by atoms with Crippen LogP contribution in [0.3, 0.4) is 0 Å². The summed E-state index contributed by atoms with van der Waals surface area (Å²) in [5.74, 6) is -0.231. The van der Waals surface area contributed by atoms with E-state index in [1.807, 2.05) is 18.2 Å². The Hall–Kier alpha value is -1.87. The Morgan fingerprint density at radius 3 is 2.67 bits per heavy atom. The minimum atomic E-state index is -0.305. The van der Waals surface area contributed by atoms with Crippen LogP contribution in [0.5, 0.6) is 0 Å². The zero-order valence-corrected chi connectivity index (χ0v) is 10.6. The Balaban J connectivity index is 2.33. The van der Waals surface area contributed by atoms with Crippen LogP contribution in [0.15, 0.2) is 42.5 Å². The molecule has 0 aliphatic rings. The molecule has 2 rings (SSSR count). The van der Waals surface area contributed by atoms with Crippen LogP contribution in [-0.2, 0) is 16.0 Å². The number of likely N-dealkylation sites (N-methyl/N-ethyl adjacent to an activating group) is 1. The van der Waals surface area contributed by atoms with Crippen LogP contribution in [0.2, 0.25) is 0 Å². The minimum Gasteiger partial charge on any atom is -0.468 e. The lowest BCUT2D eigenvalue weighted by molar-refractivity contribution is -0.142. The number of carbonyl (C=O) groups excluding carboxylic acids is 1. The van der Waals surface area contributed by atoms with Crippen molar-refractivity contribution in [3.8, 4) is 0 Å². The predicted octanol–water partition coefficient (Wildman–Crippen LogP) is 2.14. The second kappa shape index (κ2) is 5.65. The molecule has 2 aromatic carbocycles. The normalized spacial score (nSPS) is 12.3. The number of ether oxygens (including phenoxy) is 1. The third-order valence-electron chi connectivity index (χ3n) is 3.14. The van der Waals surface area contributed by atoms with Crippen molar-refractivity contribution < 1.29 is 9.53 Å². The molecule has 0 fully saturated rings. The van der Waals surface area contributed by atoms with Crippen LogP contribution in [0, 0.1) is 0 Å². The van der Waals surface area contributed by atoms with Gasteiger partial charge >= 0.3 is 5.97 Å². The van der Waals surface area contributed by atoms with Gasteiger partial charge in [0.05, 0.1) is 7.11 Å². The summed E-state index contributed by atoms with van der Waals surface area (Å²) in [6, 6.07) is 14.0. The summed E-state index contributed by atoms with van der Waals surface area (Å²) in [6.45, 7) is 0. The summed E-state index contributed by atoms with van der Waals surface area (Å²) < 4.78 is 4.79. The van der Waals surface area contributed by atoms with Crippen molar-refractivity contribution in [2.24, 2.45) is 0 Å².